The molecular formula is C12H14N4O. The van der Waals surface area contributed by atoms with E-state index in [0.717, 1.165) is 22.6 Å². The predicted octanol–water partition coefficient (Wildman–Crippen LogP) is 1.63. The van der Waals surface area contributed by atoms with Gasteiger partial charge in [-0.2, -0.15) is 4.98 Å². The molecule has 1 heterocycles. The maximum atomic E-state index is 5.86. The number of nitrogens with two attached hydrogens (primary N) is 2. The van der Waals surface area contributed by atoms with Crippen molar-refractivity contribution in [1.29, 1.82) is 0 Å². The quantitative estimate of drug-likeness (QED) is 0.818. The Kier molecular flexibility index (Phi) is 2.82. The summed E-state index contributed by atoms with van der Waals surface area (Å²) in [5, 5.41) is 0. The molecule has 2 aromatic rings. The summed E-state index contributed by atoms with van der Waals surface area (Å²) in [6.45, 7) is 1.86. The summed E-state index contributed by atoms with van der Waals surface area (Å²) in [6.07, 6.45) is 0. The first kappa shape index (κ1) is 11.2. The van der Waals surface area contributed by atoms with Crippen LogP contribution in [0.2, 0.25) is 0 Å². The summed E-state index contributed by atoms with van der Waals surface area (Å²) in [4.78, 5) is 8.08. The highest BCUT2D eigenvalue weighted by Gasteiger charge is 2.10. The first-order valence-electron chi connectivity index (χ1n) is 5.16. The number of hydrogen-bond acceptors (Lipinski definition) is 5. The molecule has 2 rings (SSSR count). The largest absolute Gasteiger partial charge is 0.497 e. The number of anilines is 2. The molecule has 0 aliphatic rings. The fourth-order valence-electron chi connectivity index (χ4n) is 1.73. The molecule has 88 valence electrons. The molecule has 0 aliphatic heterocycles. The van der Waals surface area contributed by atoms with Crippen LogP contribution in [0.15, 0.2) is 24.3 Å². The summed E-state index contributed by atoms with van der Waals surface area (Å²) in [5.74, 6) is 1.37. The number of ether oxygens (including phenoxy) is 1. The molecule has 5 nitrogen and oxygen atoms in total. The lowest BCUT2D eigenvalue weighted by Crippen LogP contribution is -2.04. The molecule has 0 unspecified atom stereocenters. The summed E-state index contributed by atoms with van der Waals surface area (Å²) in [6, 6.07) is 7.56. The Morgan fingerprint density at radius 3 is 2.24 bits per heavy atom. The number of nitrogens with zero attached hydrogens (tertiary/aromatic N) is 2. The molecule has 0 fully saturated rings. The third-order valence-corrected chi connectivity index (χ3v) is 2.51. The van der Waals surface area contributed by atoms with Gasteiger partial charge in [-0.15, -0.1) is 0 Å². The van der Waals surface area contributed by atoms with E-state index in [4.69, 9.17) is 16.2 Å². The van der Waals surface area contributed by atoms with Crippen LogP contribution in [0.4, 0.5) is 11.8 Å². The van der Waals surface area contributed by atoms with Crippen molar-refractivity contribution in [3.05, 3.63) is 30.0 Å². The van der Waals surface area contributed by atoms with E-state index in [9.17, 15) is 0 Å². The minimum Gasteiger partial charge on any atom is -0.497 e. The Morgan fingerprint density at radius 2 is 1.71 bits per heavy atom. The Balaban J connectivity index is 2.52. The van der Waals surface area contributed by atoms with Crippen LogP contribution < -0.4 is 16.2 Å². The third-order valence-electron chi connectivity index (χ3n) is 2.51. The number of hydrogen-bond donors (Lipinski definition) is 2. The van der Waals surface area contributed by atoms with Crippen molar-refractivity contribution in [3.8, 4) is 16.9 Å². The Hall–Kier alpha value is -2.30. The van der Waals surface area contributed by atoms with Crippen LogP contribution in [0.5, 0.6) is 5.75 Å². The monoisotopic (exact) mass is 230 g/mol. The number of nitrogen functional groups attached to an aromatic ring is 2. The smallest absolute Gasteiger partial charge is 0.222 e. The van der Waals surface area contributed by atoms with Crippen molar-refractivity contribution in [2.45, 2.75) is 6.92 Å². The number of aromatic nitrogens is 2. The molecule has 0 radical (unpaired) electrons. The van der Waals surface area contributed by atoms with Gasteiger partial charge >= 0.3 is 0 Å². The molecular weight excluding hydrogens is 216 g/mol. The molecule has 0 atom stereocenters. The minimum absolute atomic E-state index is 0.192. The molecule has 0 spiro atoms. The highest BCUT2D eigenvalue weighted by molar-refractivity contribution is 5.76. The van der Waals surface area contributed by atoms with Crippen molar-refractivity contribution in [1.82, 2.24) is 9.97 Å². The van der Waals surface area contributed by atoms with Gasteiger partial charge in [0.15, 0.2) is 0 Å². The van der Waals surface area contributed by atoms with Gasteiger partial charge in [0.25, 0.3) is 0 Å². The van der Waals surface area contributed by atoms with E-state index < -0.39 is 0 Å². The first-order chi connectivity index (χ1) is 8.11. The van der Waals surface area contributed by atoms with Gasteiger partial charge in [-0.05, 0) is 24.6 Å². The molecule has 0 amide bonds. The van der Waals surface area contributed by atoms with Crippen LogP contribution in [0.1, 0.15) is 5.69 Å². The van der Waals surface area contributed by atoms with Gasteiger partial charge in [0.1, 0.15) is 11.6 Å². The Labute approximate surface area is 99.5 Å². The van der Waals surface area contributed by atoms with Gasteiger partial charge < -0.3 is 16.2 Å². The van der Waals surface area contributed by atoms with E-state index in [1.807, 2.05) is 31.2 Å². The lowest BCUT2D eigenvalue weighted by molar-refractivity contribution is 0.415. The molecule has 0 aliphatic carbocycles. The molecule has 1 aromatic carbocycles. The first-order valence-corrected chi connectivity index (χ1v) is 5.16. The number of benzene rings is 1. The highest BCUT2D eigenvalue weighted by atomic mass is 16.5. The van der Waals surface area contributed by atoms with Crippen molar-refractivity contribution >= 4 is 11.8 Å². The molecule has 5 heteroatoms. The van der Waals surface area contributed by atoms with Gasteiger partial charge in [-0.1, -0.05) is 12.1 Å². The van der Waals surface area contributed by atoms with Gasteiger partial charge in [-0.25, -0.2) is 4.98 Å². The van der Waals surface area contributed by atoms with E-state index in [-0.39, 0.29) is 5.95 Å². The molecule has 0 saturated heterocycles. The van der Waals surface area contributed by atoms with Crippen LogP contribution in [0, 0.1) is 6.92 Å². The van der Waals surface area contributed by atoms with Crippen molar-refractivity contribution < 1.29 is 4.74 Å². The molecule has 0 saturated carbocycles. The predicted molar refractivity (Wildman–Crippen MR) is 67.6 cm³/mol. The van der Waals surface area contributed by atoms with Crippen molar-refractivity contribution in [2.75, 3.05) is 18.6 Å². The van der Waals surface area contributed by atoms with E-state index >= 15 is 0 Å². The Bertz CT molecular complexity index is 514. The second kappa shape index (κ2) is 4.29. The fourth-order valence-corrected chi connectivity index (χ4v) is 1.73. The normalized spacial score (nSPS) is 10.2. The van der Waals surface area contributed by atoms with Crippen molar-refractivity contribution in [3.63, 3.8) is 0 Å². The highest BCUT2D eigenvalue weighted by Crippen LogP contribution is 2.28. The lowest BCUT2D eigenvalue weighted by Gasteiger charge is -2.09. The standard InChI is InChI=1S/C12H14N4O/c1-7-10(11(13)16-12(14)15-7)8-3-5-9(17-2)6-4-8/h3-6H,1-2H3,(H4,13,14,15,16). The zero-order chi connectivity index (χ0) is 12.4. The number of rotatable bonds is 2. The van der Waals surface area contributed by atoms with E-state index in [2.05, 4.69) is 9.97 Å². The van der Waals surface area contributed by atoms with Gasteiger partial charge in [0, 0.05) is 5.56 Å². The zero-order valence-corrected chi connectivity index (χ0v) is 9.77. The number of aryl methyl sites for hydroxylation is 1. The van der Waals surface area contributed by atoms with Crippen molar-refractivity contribution in [2.24, 2.45) is 0 Å². The van der Waals surface area contributed by atoms with Crippen LogP contribution in [-0.2, 0) is 0 Å². The van der Waals surface area contributed by atoms with E-state index in [0.29, 0.717) is 5.82 Å². The number of methoxy groups -OCH3 is 1. The summed E-state index contributed by atoms with van der Waals surface area (Å²) in [7, 11) is 1.63. The second-order valence-electron chi connectivity index (χ2n) is 3.66. The Morgan fingerprint density at radius 1 is 1.06 bits per heavy atom. The molecule has 4 N–H and O–H groups in total. The SMILES string of the molecule is COc1ccc(-c2c(C)nc(N)nc2N)cc1. The molecule has 0 bridgehead atoms. The van der Waals surface area contributed by atoms with Gasteiger partial charge in [0.2, 0.25) is 5.95 Å². The second-order valence-corrected chi connectivity index (χ2v) is 3.66. The van der Waals surface area contributed by atoms with Gasteiger partial charge in [0.05, 0.1) is 12.8 Å². The van der Waals surface area contributed by atoms with Crippen LogP contribution in [0.25, 0.3) is 11.1 Å². The molecule has 1 aromatic heterocycles. The summed E-state index contributed by atoms with van der Waals surface area (Å²) in [5.41, 5.74) is 13.9. The average Bonchev–Trinajstić information content (AvgIpc) is 2.28. The van der Waals surface area contributed by atoms with Crippen LogP contribution >= 0.6 is 0 Å². The topological polar surface area (TPSA) is 87.0 Å². The van der Waals surface area contributed by atoms with Crippen LogP contribution in [-0.4, -0.2) is 17.1 Å². The molecule has 17 heavy (non-hydrogen) atoms. The maximum absolute atomic E-state index is 5.86. The maximum Gasteiger partial charge on any atom is 0.222 e. The summed E-state index contributed by atoms with van der Waals surface area (Å²) >= 11 is 0. The third kappa shape index (κ3) is 2.13. The lowest BCUT2D eigenvalue weighted by atomic mass is 10.0. The minimum atomic E-state index is 0.192. The van der Waals surface area contributed by atoms with Gasteiger partial charge in [-0.3, -0.25) is 0 Å². The summed E-state index contributed by atoms with van der Waals surface area (Å²) < 4.78 is 5.10. The fraction of sp³-hybridized carbons (Fsp3) is 0.167. The van der Waals surface area contributed by atoms with E-state index in [1.54, 1.807) is 7.11 Å². The van der Waals surface area contributed by atoms with Crippen LogP contribution in [0.3, 0.4) is 0 Å². The van der Waals surface area contributed by atoms with E-state index in [1.165, 1.54) is 0 Å². The average molecular weight is 230 g/mol. The zero-order valence-electron chi connectivity index (χ0n) is 9.77.